The van der Waals surface area contributed by atoms with Gasteiger partial charge in [0.2, 0.25) is 0 Å². The van der Waals surface area contributed by atoms with Crippen molar-refractivity contribution < 1.29 is 4.79 Å². The Morgan fingerprint density at radius 3 is 2.41 bits per heavy atom. The first-order valence-corrected chi connectivity index (χ1v) is 10.3. The number of nitrogens with zero attached hydrogens (tertiary/aromatic N) is 1. The van der Waals surface area contributed by atoms with Crippen molar-refractivity contribution in [3.05, 3.63) is 94.5 Å². The quantitative estimate of drug-likeness (QED) is 0.583. The summed E-state index contributed by atoms with van der Waals surface area (Å²) in [5.74, 6) is 0.0751. The van der Waals surface area contributed by atoms with Crippen LogP contribution in [-0.2, 0) is 0 Å². The summed E-state index contributed by atoms with van der Waals surface area (Å²) in [6.07, 6.45) is 0.863. The molecule has 1 aliphatic rings. The topological polar surface area (TPSA) is 32.3 Å². The lowest BCUT2D eigenvalue weighted by molar-refractivity contribution is 0.0974. The highest BCUT2D eigenvalue weighted by molar-refractivity contribution is 6.07. The van der Waals surface area contributed by atoms with E-state index in [0.717, 1.165) is 34.5 Å². The molecule has 0 unspecified atom stereocenters. The van der Waals surface area contributed by atoms with E-state index in [1.54, 1.807) is 0 Å². The fraction of sp³-hybridized carbons (Fsp3) is 0.269. The third-order valence-electron chi connectivity index (χ3n) is 5.86. The normalized spacial score (nSPS) is 18.3. The number of benzene rings is 3. The van der Waals surface area contributed by atoms with Gasteiger partial charge in [0.25, 0.3) is 5.91 Å². The van der Waals surface area contributed by atoms with Crippen LogP contribution in [0.5, 0.6) is 0 Å². The lowest BCUT2D eigenvalue weighted by Crippen LogP contribution is -2.44. The number of anilines is 2. The molecule has 0 radical (unpaired) electrons. The molecule has 148 valence electrons. The molecule has 1 amide bonds. The van der Waals surface area contributed by atoms with Gasteiger partial charge >= 0.3 is 0 Å². The first kappa shape index (κ1) is 19.3. The molecule has 1 aliphatic heterocycles. The van der Waals surface area contributed by atoms with E-state index in [4.69, 9.17) is 0 Å². The number of rotatable bonds is 3. The second-order valence-corrected chi connectivity index (χ2v) is 8.15. The number of para-hydroxylation sites is 2. The third kappa shape index (κ3) is 3.65. The third-order valence-corrected chi connectivity index (χ3v) is 5.86. The highest BCUT2D eigenvalue weighted by Gasteiger charge is 2.35. The van der Waals surface area contributed by atoms with Crippen LogP contribution in [0.2, 0.25) is 0 Å². The maximum absolute atomic E-state index is 13.5. The van der Waals surface area contributed by atoms with Crippen LogP contribution in [0.4, 0.5) is 11.4 Å². The molecule has 0 saturated carbocycles. The van der Waals surface area contributed by atoms with Crippen LogP contribution in [0.3, 0.4) is 0 Å². The molecule has 0 aromatic heterocycles. The van der Waals surface area contributed by atoms with Gasteiger partial charge in [0.05, 0.1) is 11.7 Å². The van der Waals surface area contributed by atoms with Crippen LogP contribution in [0, 0.1) is 20.8 Å². The van der Waals surface area contributed by atoms with E-state index in [1.165, 1.54) is 11.1 Å². The number of hydrogen-bond donors (Lipinski definition) is 1. The van der Waals surface area contributed by atoms with Crippen LogP contribution in [0.1, 0.15) is 52.0 Å². The summed E-state index contributed by atoms with van der Waals surface area (Å²) in [6.45, 7) is 8.39. The molecule has 2 atom stereocenters. The van der Waals surface area contributed by atoms with E-state index in [-0.39, 0.29) is 18.0 Å². The van der Waals surface area contributed by atoms with Crippen LogP contribution in [0.25, 0.3) is 0 Å². The Kier molecular flexibility index (Phi) is 5.14. The molecule has 1 N–H and O–H groups in total. The Labute approximate surface area is 173 Å². The molecule has 3 heteroatoms. The summed E-state index contributed by atoms with van der Waals surface area (Å²) in [6, 6.07) is 22.8. The summed E-state index contributed by atoms with van der Waals surface area (Å²) in [7, 11) is 0. The maximum Gasteiger partial charge on any atom is 0.258 e. The fourth-order valence-corrected chi connectivity index (χ4v) is 4.36. The minimum Gasteiger partial charge on any atom is -0.378 e. The Hall–Kier alpha value is -3.07. The zero-order chi connectivity index (χ0) is 20.5. The Morgan fingerprint density at radius 2 is 1.66 bits per heavy atom. The Bertz CT molecular complexity index is 1060. The lowest BCUT2D eigenvalue weighted by Gasteiger charge is -2.41. The molecule has 0 spiro atoms. The van der Waals surface area contributed by atoms with E-state index in [0.29, 0.717) is 0 Å². The van der Waals surface area contributed by atoms with Crippen LogP contribution < -0.4 is 10.2 Å². The summed E-state index contributed by atoms with van der Waals surface area (Å²) >= 11 is 0. The molecule has 0 bridgehead atoms. The zero-order valence-electron chi connectivity index (χ0n) is 17.6. The van der Waals surface area contributed by atoms with Gasteiger partial charge in [0.15, 0.2) is 0 Å². The van der Waals surface area contributed by atoms with Crippen molar-refractivity contribution >= 4 is 17.3 Å². The van der Waals surface area contributed by atoms with E-state index in [2.05, 4.69) is 68.6 Å². The molecule has 3 aromatic carbocycles. The van der Waals surface area contributed by atoms with E-state index in [9.17, 15) is 4.79 Å². The number of hydrogen-bond acceptors (Lipinski definition) is 2. The van der Waals surface area contributed by atoms with Crippen LogP contribution in [0.15, 0.2) is 66.7 Å². The zero-order valence-corrected chi connectivity index (χ0v) is 17.6. The van der Waals surface area contributed by atoms with E-state index >= 15 is 0 Å². The average Bonchev–Trinajstić information content (AvgIpc) is 2.70. The van der Waals surface area contributed by atoms with Gasteiger partial charge in [-0.15, -0.1) is 0 Å². The summed E-state index contributed by atoms with van der Waals surface area (Å²) in [5, 5.41) is 3.73. The SMILES string of the molecule is Cc1cccc(C(=O)N2c3c(C)cccc3[C@H](Nc3ccccc3C)C[C@@H]2C)c1. The monoisotopic (exact) mass is 384 g/mol. The predicted molar refractivity (Wildman–Crippen MR) is 121 cm³/mol. The van der Waals surface area contributed by atoms with Gasteiger partial charge < -0.3 is 10.2 Å². The number of carbonyl (C=O) groups is 1. The maximum atomic E-state index is 13.5. The first-order chi connectivity index (χ1) is 14.0. The van der Waals surface area contributed by atoms with Gasteiger partial charge in [-0.2, -0.15) is 0 Å². The second kappa shape index (κ2) is 7.75. The van der Waals surface area contributed by atoms with Gasteiger partial charge in [-0.05, 0) is 69.0 Å². The standard InChI is InChI=1S/C26H28N2O/c1-17-9-7-12-21(15-17)26(29)28-20(4)16-24(22-13-8-11-19(3)25(22)28)27-23-14-6-5-10-18(23)2/h5-15,20,24,27H,16H2,1-4H3/t20-,24+/m0/s1. The Morgan fingerprint density at radius 1 is 0.931 bits per heavy atom. The largest absolute Gasteiger partial charge is 0.378 e. The minimum absolute atomic E-state index is 0.0751. The molecule has 0 saturated heterocycles. The van der Waals surface area contributed by atoms with Crippen molar-refractivity contribution in [1.82, 2.24) is 0 Å². The molecule has 3 aromatic rings. The Balaban J connectivity index is 1.75. The van der Waals surface area contributed by atoms with Crippen molar-refractivity contribution in [2.45, 2.75) is 46.2 Å². The molecule has 3 nitrogen and oxygen atoms in total. The first-order valence-electron chi connectivity index (χ1n) is 10.3. The second-order valence-electron chi connectivity index (χ2n) is 8.15. The summed E-state index contributed by atoms with van der Waals surface area (Å²) in [5.41, 5.74) is 7.59. The smallest absolute Gasteiger partial charge is 0.258 e. The number of fused-ring (bicyclic) bond motifs is 1. The van der Waals surface area contributed by atoms with Crippen LogP contribution in [-0.4, -0.2) is 11.9 Å². The van der Waals surface area contributed by atoms with E-state index < -0.39 is 0 Å². The number of nitrogens with one attached hydrogen (secondary N) is 1. The van der Waals surface area contributed by atoms with Crippen molar-refractivity contribution in [2.24, 2.45) is 0 Å². The minimum atomic E-state index is 0.0751. The lowest BCUT2D eigenvalue weighted by atomic mass is 9.88. The molecule has 0 aliphatic carbocycles. The van der Waals surface area contributed by atoms with Gasteiger partial charge in [-0.3, -0.25) is 4.79 Å². The van der Waals surface area contributed by atoms with E-state index in [1.807, 2.05) is 36.1 Å². The van der Waals surface area contributed by atoms with Crippen molar-refractivity contribution in [3.8, 4) is 0 Å². The predicted octanol–water partition coefficient (Wildman–Crippen LogP) is 6.20. The highest BCUT2D eigenvalue weighted by atomic mass is 16.2. The molecular formula is C26H28N2O. The van der Waals surface area contributed by atoms with Gasteiger partial charge in [0.1, 0.15) is 0 Å². The molecule has 4 rings (SSSR count). The average molecular weight is 385 g/mol. The highest BCUT2D eigenvalue weighted by Crippen LogP contribution is 2.41. The summed E-state index contributed by atoms with van der Waals surface area (Å²) < 4.78 is 0. The molecular weight excluding hydrogens is 356 g/mol. The van der Waals surface area contributed by atoms with Gasteiger partial charge in [-0.1, -0.05) is 54.1 Å². The van der Waals surface area contributed by atoms with Crippen molar-refractivity contribution in [3.63, 3.8) is 0 Å². The van der Waals surface area contributed by atoms with Crippen molar-refractivity contribution in [1.29, 1.82) is 0 Å². The number of amides is 1. The number of carbonyl (C=O) groups excluding carboxylic acids is 1. The fourth-order valence-electron chi connectivity index (χ4n) is 4.36. The van der Waals surface area contributed by atoms with Crippen molar-refractivity contribution in [2.75, 3.05) is 10.2 Å². The summed E-state index contributed by atoms with van der Waals surface area (Å²) in [4.78, 5) is 15.5. The molecule has 29 heavy (non-hydrogen) atoms. The number of aryl methyl sites for hydroxylation is 3. The van der Waals surface area contributed by atoms with Crippen LogP contribution >= 0.6 is 0 Å². The molecule has 0 fully saturated rings. The molecule has 1 heterocycles. The van der Waals surface area contributed by atoms with Gasteiger partial charge in [-0.25, -0.2) is 0 Å². The van der Waals surface area contributed by atoms with Gasteiger partial charge in [0, 0.05) is 17.3 Å².